The lowest BCUT2D eigenvalue weighted by atomic mass is 9.97. The Morgan fingerprint density at radius 1 is 0.960 bits per heavy atom. The van der Waals surface area contributed by atoms with Crippen molar-refractivity contribution >= 4 is 11.9 Å². The molecule has 2 aromatic rings. The number of carboxylic acids is 2. The van der Waals surface area contributed by atoms with Crippen LogP contribution >= 0.6 is 0 Å². The first-order valence-electron chi connectivity index (χ1n) is 8.38. The number of hydrogen-bond donors (Lipinski definition) is 2. The normalized spacial score (nSPS) is 17.5. The van der Waals surface area contributed by atoms with E-state index in [1.165, 1.54) is 0 Å². The molecule has 0 unspecified atom stereocenters. The molecule has 1 heterocycles. The first-order chi connectivity index (χ1) is 12.0. The van der Waals surface area contributed by atoms with Gasteiger partial charge in [0.15, 0.2) is 0 Å². The average Bonchev–Trinajstić information content (AvgIpc) is 3.02. The van der Waals surface area contributed by atoms with Crippen LogP contribution in [0.1, 0.15) is 38.3 Å². The first kappa shape index (κ1) is 17.2. The highest BCUT2D eigenvalue weighted by Gasteiger charge is 2.23. The zero-order valence-corrected chi connectivity index (χ0v) is 13.9. The van der Waals surface area contributed by atoms with Gasteiger partial charge in [0, 0.05) is 13.1 Å². The number of carbonyl (C=O) groups is 2. The molecule has 2 N–H and O–H groups in total. The topological polar surface area (TPSA) is 77.8 Å². The van der Waals surface area contributed by atoms with Crippen LogP contribution in [0.4, 0.5) is 0 Å². The van der Waals surface area contributed by atoms with E-state index in [4.69, 9.17) is 10.2 Å². The Hall–Kier alpha value is -2.66. The van der Waals surface area contributed by atoms with E-state index >= 15 is 0 Å². The molecular formula is C20H21NO4. The Morgan fingerprint density at radius 2 is 1.68 bits per heavy atom. The number of nitrogens with zero attached hydrogens (tertiary/aromatic N) is 1. The Labute approximate surface area is 146 Å². The van der Waals surface area contributed by atoms with Gasteiger partial charge in [-0.3, -0.25) is 4.90 Å². The van der Waals surface area contributed by atoms with Crippen molar-refractivity contribution in [1.29, 1.82) is 0 Å². The highest BCUT2D eigenvalue weighted by molar-refractivity contribution is 5.88. The molecule has 0 saturated carbocycles. The van der Waals surface area contributed by atoms with Crippen molar-refractivity contribution in [1.82, 2.24) is 4.90 Å². The quantitative estimate of drug-likeness (QED) is 0.845. The third-order valence-corrected chi connectivity index (χ3v) is 4.68. The smallest absolute Gasteiger partial charge is 0.335 e. The van der Waals surface area contributed by atoms with Crippen molar-refractivity contribution in [3.63, 3.8) is 0 Å². The van der Waals surface area contributed by atoms with Crippen LogP contribution in [0.2, 0.25) is 0 Å². The standard InChI is InChI=1S/C20H21NO4/c22-19(23)17-6-4-14(5-7-17)12-21-9-8-16(13-21)10-15-2-1-3-18(11-15)20(24)25/h1-7,11,16H,8-10,12-13H2,(H,22,23)(H,24,25)/t16-/m1/s1. The number of hydrogen-bond acceptors (Lipinski definition) is 3. The summed E-state index contributed by atoms with van der Waals surface area (Å²) in [6.07, 6.45) is 1.97. The minimum Gasteiger partial charge on any atom is -0.478 e. The molecule has 1 atom stereocenters. The van der Waals surface area contributed by atoms with Crippen molar-refractivity contribution in [2.24, 2.45) is 5.92 Å². The van der Waals surface area contributed by atoms with Gasteiger partial charge in [0.2, 0.25) is 0 Å². The zero-order chi connectivity index (χ0) is 17.8. The fourth-order valence-electron chi connectivity index (χ4n) is 3.40. The molecule has 0 radical (unpaired) electrons. The summed E-state index contributed by atoms with van der Waals surface area (Å²) < 4.78 is 0. The number of likely N-dealkylation sites (tertiary alicyclic amines) is 1. The second-order valence-electron chi connectivity index (χ2n) is 6.60. The van der Waals surface area contributed by atoms with Gasteiger partial charge in [-0.15, -0.1) is 0 Å². The van der Waals surface area contributed by atoms with Gasteiger partial charge in [-0.1, -0.05) is 24.3 Å². The molecule has 1 aliphatic heterocycles. The zero-order valence-electron chi connectivity index (χ0n) is 13.9. The summed E-state index contributed by atoms with van der Waals surface area (Å²) in [4.78, 5) is 24.3. The molecule has 5 nitrogen and oxygen atoms in total. The first-order valence-corrected chi connectivity index (χ1v) is 8.38. The van der Waals surface area contributed by atoms with Crippen LogP contribution in [-0.2, 0) is 13.0 Å². The summed E-state index contributed by atoms with van der Waals surface area (Å²) in [6, 6.07) is 14.2. The van der Waals surface area contributed by atoms with E-state index in [9.17, 15) is 9.59 Å². The summed E-state index contributed by atoms with van der Waals surface area (Å²) in [6.45, 7) is 2.79. The monoisotopic (exact) mass is 339 g/mol. The number of rotatable bonds is 6. The fraction of sp³-hybridized carbons (Fsp3) is 0.300. The molecule has 3 rings (SSSR count). The maximum atomic E-state index is 11.1. The maximum absolute atomic E-state index is 11.1. The van der Waals surface area contributed by atoms with Gasteiger partial charge in [-0.05, 0) is 60.7 Å². The maximum Gasteiger partial charge on any atom is 0.335 e. The van der Waals surface area contributed by atoms with E-state index in [-0.39, 0.29) is 0 Å². The molecule has 25 heavy (non-hydrogen) atoms. The van der Waals surface area contributed by atoms with E-state index in [1.54, 1.807) is 30.3 Å². The van der Waals surface area contributed by atoms with Gasteiger partial charge in [-0.2, -0.15) is 0 Å². The van der Waals surface area contributed by atoms with Gasteiger partial charge in [-0.25, -0.2) is 9.59 Å². The summed E-state index contributed by atoms with van der Waals surface area (Å²) in [7, 11) is 0. The summed E-state index contributed by atoms with van der Waals surface area (Å²) >= 11 is 0. The molecule has 1 aliphatic rings. The second-order valence-corrected chi connectivity index (χ2v) is 6.60. The summed E-state index contributed by atoms with van der Waals surface area (Å²) in [5.74, 6) is -1.28. The molecular weight excluding hydrogens is 318 g/mol. The van der Waals surface area contributed by atoms with Crippen LogP contribution in [0.25, 0.3) is 0 Å². The van der Waals surface area contributed by atoms with Gasteiger partial charge in [0.05, 0.1) is 11.1 Å². The molecule has 1 fully saturated rings. The number of benzene rings is 2. The Morgan fingerprint density at radius 3 is 2.36 bits per heavy atom. The molecule has 130 valence electrons. The van der Waals surface area contributed by atoms with Crippen LogP contribution in [0.3, 0.4) is 0 Å². The molecule has 0 spiro atoms. The predicted molar refractivity (Wildman–Crippen MR) is 93.9 cm³/mol. The number of aromatic carboxylic acids is 2. The third-order valence-electron chi connectivity index (χ3n) is 4.68. The lowest BCUT2D eigenvalue weighted by Gasteiger charge is -2.16. The van der Waals surface area contributed by atoms with Gasteiger partial charge >= 0.3 is 11.9 Å². The third kappa shape index (κ3) is 4.45. The lowest BCUT2D eigenvalue weighted by Crippen LogP contribution is -2.20. The highest BCUT2D eigenvalue weighted by Crippen LogP contribution is 2.23. The van der Waals surface area contributed by atoms with Gasteiger partial charge in [0.1, 0.15) is 0 Å². The molecule has 0 aliphatic carbocycles. The Balaban J connectivity index is 1.55. The van der Waals surface area contributed by atoms with Crippen LogP contribution in [0.15, 0.2) is 48.5 Å². The second kappa shape index (κ2) is 7.49. The van der Waals surface area contributed by atoms with Crippen molar-refractivity contribution in [2.75, 3.05) is 13.1 Å². The van der Waals surface area contributed by atoms with Crippen LogP contribution in [-0.4, -0.2) is 40.1 Å². The van der Waals surface area contributed by atoms with E-state index in [0.717, 1.165) is 43.6 Å². The average molecular weight is 339 g/mol. The summed E-state index contributed by atoms with van der Waals surface area (Å²) in [5.41, 5.74) is 2.82. The number of carboxylic acid groups (broad SMARTS) is 2. The van der Waals surface area contributed by atoms with Crippen LogP contribution in [0.5, 0.6) is 0 Å². The van der Waals surface area contributed by atoms with Crippen molar-refractivity contribution in [3.8, 4) is 0 Å². The molecule has 0 bridgehead atoms. The van der Waals surface area contributed by atoms with Crippen molar-refractivity contribution in [3.05, 3.63) is 70.8 Å². The van der Waals surface area contributed by atoms with E-state index in [1.807, 2.05) is 18.2 Å². The van der Waals surface area contributed by atoms with Crippen LogP contribution in [0, 0.1) is 5.92 Å². The van der Waals surface area contributed by atoms with E-state index in [2.05, 4.69) is 4.90 Å². The molecule has 1 saturated heterocycles. The predicted octanol–water partition coefficient (Wildman–Crippen LogP) is 3.15. The minimum absolute atomic E-state index is 0.307. The Kier molecular flexibility index (Phi) is 5.14. The lowest BCUT2D eigenvalue weighted by molar-refractivity contribution is 0.0686. The molecule has 5 heteroatoms. The minimum atomic E-state index is -0.906. The fourth-order valence-corrected chi connectivity index (χ4v) is 3.40. The molecule has 0 amide bonds. The van der Waals surface area contributed by atoms with Gasteiger partial charge < -0.3 is 10.2 Å². The SMILES string of the molecule is O=C(O)c1ccc(CN2CC[C@H](Cc3cccc(C(=O)O)c3)C2)cc1. The molecule has 0 aromatic heterocycles. The van der Waals surface area contributed by atoms with E-state index < -0.39 is 11.9 Å². The van der Waals surface area contributed by atoms with E-state index in [0.29, 0.717) is 17.0 Å². The van der Waals surface area contributed by atoms with Crippen molar-refractivity contribution < 1.29 is 19.8 Å². The van der Waals surface area contributed by atoms with Gasteiger partial charge in [0.25, 0.3) is 0 Å². The Bertz CT molecular complexity index is 770. The van der Waals surface area contributed by atoms with Crippen molar-refractivity contribution in [2.45, 2.75) is 19.4 Å². The van der Waals surface area contributed by atoms with Crippen LogP contribution < -0.4 is 0 Å². The highest BCUT2D eigenvalue weighted by atomic mass is 16.4. The molecule has 2 aromatic carbocycles. The summed E-state index contributed by atoms with van der Waals surface area (Å²) in [5, 5.41) is 18.0. The largest absolute Gasteiger partial charge is 0.478 e.